The van der Waals surface area contributed by atoms with Crippen LogP contribution in [0.4, 0.5) is 5.69 Å². The van der Waals surface area contributed by atoms with Gasteiger partial charge in [-0.1, -0.05) is 12.1 Å². The molecule has 2 aromatic carbocycles. The van der Waals surface area contributed by atoms with Gasteiger partial charge in [0.25, 0.3) is 5.91 Å². The van der Waals surface area contributed by atoms with Gasteiger partial charge in [-0.3, -0.25) is 4.79 Å². The molecule has 0 radical (unpaired) electrons. The van der Waals surface area contributed by atoms with Crippen molar-refractivity contribution < 1.29 is 17.9 Å². The Hall–Kier alpha value is -2.22. The van der Waals surface area contributed by atoms with Crippen LogP contribution in [-0.2, 0) is 27.6 Å². The minimum Gasteiger partial charge on any atom is -0.377 e. The van der Waals surface area contributed by atoms with Crippen LogP contribution < -0.4 is 10.0 Å². The summed E-state index contributed by atoms with van der Waals surface area (Å²) in [5.74, 6) is -0.236. The first-order chi connectivity index (χ1) is 14.0. The van der Waals surface area contributed by atoms with Crippen LogP contribution in [0, 0.1) is 0 Å². The number of benzene rings is 2. The maximum atomic E-state index is 12.7. The highest BCUT2D eigenvalue weighted by molar-refractivity contribution is 7.89. The van der Waals surface area contributed by atoms with Gasteiger partial charge < -0.3 is 10.1 Å². The molecule has 4 rings (SSSR count). The lowest BCUT2D eigenvalue weighted by Crippen LogP contribution is -2.31. The van der Waals surface area contributed by atoms with Crippen LogP contribution in [0.15, 0.2) is 47.4 Å². The van der Waals surface area contributed by atoms with Crippen molar-refractivity contribution >= 4 is 21.6 Å². The normalized spacial score (nSPS) is 19.0. The number of sulfonamides is 1. The van der Waals surface area contributed by atoms with Gasteiger partial charge in [-0.05, 0) is 80.0 Å². The number of aryl methyl sites for hydroxylation is 1. The number of hydrogen-bond acceptors (Lipinski definition) is 4. The van der Waals surface area contributed by atoms with E-state index in [0.29, 0.717) is 12.2 Å². The molecule has 29 heavy (non-hydrogen) atoms. The highest BCUT2D eigenvalue weighted by Gasteiger charge is 2.21. The van der Waals surface area contributed by atoms with E-state index in [1.165, 1.54) is 29.7 Å². The Morgan fingerprint density at radius 3 is 2.59 bits per heavy atom. The number of carbonyl (C=O) groups is 1. The number of ether oxygens (including phenoxy) is 1. The fraction of sp³-hybridized carbons (Fsp3) is 0.409. The third-order valence-electron chi connectivity index (χ3n) is 5.60. The lowest BCUT2D eigenvalue weighted by atomic mass is 9.90. The van der Waals surface area contributed by atoms with E-state index in [1.807, 2.05) is 12.1 Å². The molecule has 0 bridgehead atoms. The molecule has 154 valence electrons. The number of fused-ring (bicyclic) bond motifs is 1. The van der Waals surface area contributed by atoms with Crippen molar-refractivity contribution in [3.63, 3.8) is 0 Å². The summed E-state index contributed by atoms with van der Waals surface area (Å²) in [6.45, 7) is 0.949. The van der Waals surface area contributed by atoms with Crippen LogP contribution in [0.5, 0.6) is 0 Å². The molecule has 2 aliphatic rings. The maximum Gasteiger partial charge on any atom is 0.255 e. The van der Waals surface area contributed by atoms with Gasteiger partial charge in [-0.2, -0.15) is 0 Å². The van der Waals surface area contributed by atoms with Crippen LogP contribution in [0.2, 0.25) is 0 Å². The Kier molecular flexibility index (Phi) is 5.99. The molecular weight excluding hydrogens is 388 g/mol. The molecule has 2 aromatic rings. The highest BCUT2D eigenvalue weighted by Crippen LogP contribution is 2.28. The standard InChI is InChI=1S/C22H26N2O4S/c25-22(24-21-9-3-6-16-5-1-2-8-20(16)21)17-10-12-19(13-11-17)29(26,27)23-15-18-7-4-14-28-18/h3,6,9-13,18,23H,1-2,4-5,7-8,14-15H2,(H,24,25). The van der Waals surface area contributed by atoms with Gasteiger partial charge in [-0.15, -0.1) is 0 Å². The Morgan fingerprint density at radius 1 is 1.03 bits per heavy atom. The van der Waals surface area contributed by atoms with Crippen molar-refractivity contribution in [1.29, 1.82) is 0 Å². The summed E-state index contributed by atoms with van der Waals surface area (Å²) in [6, 6.07) is 12.0. The molecular formula is C22H26N2O4S. The van der Waals surface area contributed by atoms with E-state index >= 15 is 0 Å². The SMILES string of the molecule is O=C(Nc1cccc2c1CCCC2)c1ccc(S(=O)(=O)NCC2CCCO2)cc1. The molecule has 1 aliphatic heterocycles. The molecule has 1 saturated heterocycles. The number of carbonyl (C=O) groups excluding carboxylic acids is 1. The first kappa shape index (κ1) is 20.1. The Morgan fingerprint density at radius 2 is 1.83 bits per heavy atom. The molecule has 1 aliphatic carbocycles. The van der Waals surface area contributed by atoms with E-state index in [1.54, 1.807) is 12.1 Å². The second-order valence-corrected chi connectivity index (χ2v) is 9.38. The predicted octanol–water partition coefficient (Wildman–Crippen LogP) is 3.28. The Balaban J connectivity index is 1.43. The summed E-state index contributed by atoms with van der Waals surface area (Å²) in [7, 11) is -3.62. The van der Waals surface area contributed by atoms with Crippen LogP contribution in [0.1, 0.15) is 47.2 Å². The Bertz CT molecular complexity index is 980. The molecule has 1 heterocycles. The van der Waals surface area contributed by atoms with Gasteiger partial charge in [0.05, 0.1) is 11.0 Å². The average molecular weight is 415 g/mol. The van der Waals surface area contributed by atoms with Crippen LogP contribution >= 0.6 is 0 Å². The summed E-state index contributed by atoms with van der Waals surface area (Å²) in [5.41, 5.74) is 3.79. The minimum atomic E-state index is -3.62. The number of anilines is 1. The summed E-state index contributed by atoms with van der Waals surface area (Å²) in [5, 5.41) is 2.99. The zero-order chi connectivity index (χ0) is 20.3. The molecule has 1 unspecified atom stereocenters. The largest absolute Gasteiger partial charge is 0.377 e. The van der Waals surface area contributed by atoms with E-state index in [9.17, 15) is 13.2 Å². The van der Waals surface area contributed by atoms with Crippen LogP contribution in [0.25, 0.3) is 0 Å². The fourth-order valence-electron chi connectivity index (χ4n) is 3.97. The van der Waals surface area contributed by atoms with Crippen molar-refractivity contribution in [2.24, 2.45) is 0 Å². The quantitative estimate of drug-likeness (QED) is 0.760. The van der Waals surface area contributed by atoms with Crippen molar-refractivity contribution in [3.05, 3.63) is 59.2 Å². The lowest BCUT2D eigenvalue weighted by molar-refractivity contribution is 0.102. The second-order valence-electron chi connectivity index (χ2n) is 7.62. The van der Waals surface area contributed by atoms with E-state index in [0.717, 1.165) is 37.8 Å². The molecule has 7 heteroatoms. The highest BCUT2D eigenvalue weighted by atomic mass is 32.2. The van der Waals surface area contributed by atoms with Gasteiger partial charge in [-0.25, -0.2) is 13.1 Å². The third kappa shape index (κ3) is 4.69. The molecule has 0 saturated carbocycles. The molecule has 1 atom stereocenters. The van der Waals surface area contributed by atoms with Gasteiger partial charge in [0, 0.05) is 24.4 Å². The zero-order valence-electron chi connectivity index (χ0n) is 16.3. The minimum absolute atomic E-state index is 0.0633. The number of rotatable bonds is 6. The summed E-state index contributed by atoms with van der Waals surface area (Å²) in [4.78, 5) is 12.8. The smallest absolute Gasteiger partial charge is 0.255 e. The van der Waals surface area contributed by atoms with E-state index in [4.69, 9.17) is 4.74 Å². The van der Waals surface area contributed by atoms with E-state index < -0.39 is 10.0 Å². The molecule has 0 aromatic heterocycles. The van der Waals surface area contributed by atoms with Crippen molar-refractivity contribution in [2.45, 2.75) is 49.5 Å². The molecule has 1 fully saturated rings. The first-order valence-corrected chi connectivity index (χ1v) is 11.6. The fourth-order valence-corrected chi connectivity index (χ4v) is 5.04. The van der Waals surface area contributed by atoms with Crippen molar-refractivity contribution in [3.8, 4) is 0 Å². The summed E-state index contributed by atoms with van der Waals surface area (Å²) < 4.78 is 32.9. The summed E-state index contributed by atoms with van der Waals surface area (Å²) in [6.07, 6.45) is 6.09. The molecule has 6 nitrogen and oxygen atoms in total. The average Bonchev–Trinajstić information content (AvgIpc) is 3.26. The molecule has 0 spiro atoms. The van der Waals surface area contributed by atoms with Crippen molar-refractivity contribution in [1.82, 2.24) is 4.72 Å². The second kappa shape index (κ2) is 8.65. The first-order valence-electron chi connectivity index (χ1n) is 10.2. The van der Waals surface area contributed by atoms with Crippen LogP contribution in [-0.4, -0.2) is 33.6 Å². The number of nitrogens with one attached hydrogen (secondary N) is 2. The van der Waals surface area contributed by atoms with Gasteiger partial charge in [0.15, 0.2) is 0 Å². The maximum absolute atomic E-state index is 12.7. The zero-order valence-corrected chi connectivity index (χ0v) is 17.1. The lowest BCUT2D eigenvalue weighted by Gasteiger charge is -2.19. The van der Waals surface area contributed by atoms with Crippen LogP contribution in [0.3, 0.4) is 0 Å². The van der Waals surface area contributed by atoms with Gasteiger partial charge >= 0.3 is 0 Å². The number of hydrogen-bond donors (Lipinski definition) is 2. The molecule has 1 amide bonds. The van der Waals surface area contributed by atoms with E-state index in [-0.39, 0.29) is 23.5 Å². The third-order valence-corrected chi connectivity index (χ3v) is 7.04. The topological polar surface area (TPSA) is 84.5 Å². The van der Waals surface area contributed by atoms with Gasteiger partial charge in [0.2, 0.25) is 10.0 Å². The van der Waals surface area contributed by atoms with E-state index in [2.05, 4.69) is 16.1 Å². The summed E-state index contributed by atoms with van der Waals surface area (Å²) >= 11 is 0. The van der Waals surface area contributed by atoms with Gasteiger partial charge in [0.1, 0.15) is 0 Å². The Labute approximate surface area is 171 Å². The van der Waals surface area contributed by atoms with Crippen molar-refractivity contribution in [2.75, 3.05) is 18.5 Å². The number of amides is 1. The molecule has 2 N–H and O–H groups in total. The monoisotopic (exact) mass is 414 g/mol. The predicted molar refractivity (Wildman–Crippen MR) is 112 cm³/mol.